The van der Waals surface area contributed by atoms with Gasteiger partial charge in [-0.25, -0.2) is 17.6 Å². The minimum atomic E-state index is -4.75. The van der Waals surface area contributed by atoms with Gasteiger partial charge in [0.2, 0.25) is 0 Å². The van der Waals surface area contributed by atoms with E-state index in [1.165, 1.54) is 6.07 Å². The fourth-order valence-corrected chi connectivity index (χ4v) is 2.38. The summed E-state index contributed by atoms with van der Waals surface area (Å²) in [6.07, 6.45) is 0. The Morgan fingerprint density at radius 3 is 2.15 bits per heavy atom. The van der Waals surface area contributed by atoms with Gasteiger partial charge in [0, 0.05) is 18.2 Å². The minimum absolute atomic E-state index is 0.0805. The van der Waals surface area contributed by atoms with Crippen LogP contribution in [0.15, 0.2) is 41.3 Å². The Balaban J connectivity index is 2.43. The quantitative estimate of drug-likeness (QED) is 0.497. The molecule has 0 saturated carbocycles. The van der Waals surface area contributed by atoms with E-state index in [1.807, 2.05) is 0 Å². The largest absolute Gasteiger partial charge is 0.379 e. The molecule has 0 radical (unpaired) electrons. The highest BCUT2D eigenvalue weighted by Crippen LogP contribution is 2.23. The highest BCUT2D eigenvalue weighted by Gasteiger charge is 2.24. The molecule has 20 heavy (non-hydrogen) atoms. The zero-order valence-corrected chi connectivity index (χ0v) is 10.4. The second-order valence-electron chi connectivity index (χ2n) is 3.69. The fraction of sp³-hybridized carbons (Fsp3) is 0. The molecule has 2 rings (SSSR count). The molecule has 0 aliphatic heterocycles. The van der Waals surface area contributed by atoms with Crippen molar-refractivity contribution in [2.75, 3.05) is 0 Å². The molecule has 0 saturated heterocycles. The standard InChI is InChI=1S/C12H6F4O3S/c13-7-2-1-3-8(4-7)19-20(17,18)12-6-10(15)9(14)5-11(12)16/h1-6H. The van der Waals surface area contributed by atoms with Crippen LogP contribution in [0, 0.1) is 23.3 Å². The second kappa shape index (κ2) is 5.12. The van der Waals surface area contributed by atoms with Gasteiger partial charge in [-0.1, -0.05) is 6.07 Å². The first kappa shape index (κ1) is 14.3. The summed E-state index contributed by atoms with van der Waals surface area (Å²) in [5, 5.41) is 0. The van der Waals surface area contributed by atoms with Gasteiger partial charge in [0.05, 0.1) is 0 Å². The predicted octanol–water partition coefficient (Wildman–Crippen LogP) is 3.01. The first-order valence-electron chi connectivity index (χ1n) is 5.14. The lowest BCUT2D eigenvalue weighted by Gasteiger charge is -2.08. The van der Waals surface area contributed by atoms with Gasteiger partial charge in [-0.05, 0) is 12.1 Å². The summed E-state index contributed by atoms with van der Waals surface area (Å²) in [6.45, 7) is 0. The Hall–Kier alpha value is -2.09. The molecule has 0 amide bonds. The van der Waals surface area contributed by atoms with Crippen LogP contribution in [0.5, 0.6) is 5.75 Å². The van der Waals surface area contributed by atoms with Crippen LogP contribution in [-0.4, -0.2) is 8.42 Å². The Labute approximate surface area is 111 Å². The van der Waals surface area contributed by atoms with E-state index in [1.54, 1.807) is 0 Å². The van der Waals surface area contributed by atoms with Crippen molar-refractivity contribution in [2.24, 2.45) is 0 Å². The molecule has 0 atom stereocenters. The van der Waals surface area contributed by atoms with Crippen molar-refractivity contribution in [3.05, 3.63) is 59.7 Å². The molecule has 0 N–H and O–H groups in total. The van der Waals surface area contributed by atoms with Crippen molar-refractivity contribution in [1.82, 2.24) is 0 Å². The van der Waals surface area contributed by atoms with Crippen LogP contribution in [0.3, 0.4) is 0 Å². The van der Waals surface area contributed by atoms with E-state index in [9.17, 15) is 26.0 Å². The smallest absolute Gasteiger partial charge is 0.342 e. The van der Waals surface area contributed by atoms with Crippen LogP contribution in [-0.2, 0) is 10.1 Å². The van der Waals surface area contributed by atoms with Gasteiger partial charge in [-0.3, -0.25) is 0 Å². The maximum Gasteiger partial charge on any atom is 0.342 e. The van der Waals surface area contributed by atoms with E-state index in [0.29, 0.717) is 0 Å². The van der Waals surface area contributed by atoms with Crippen LogP contribution in [0.2, 0.25) is 0 Å². The van der Waals surface area contributed by atoms with Crippen LogP contribution in [0.25, 0.3) is 0 Å². The number of benzene rings is 2. The lowest BCUT2D eigenvalue weighted by atomic mass is 10.3. The maximum absolute atomic E-state index is 13.4. The lowest BCUT2D eigenvalue weighted by Crippen LogP contribution is -2.12. The van der Waals surface area contributed by atoms with Crippen molar-refractivity contribution >= 4 is 10.1 Å². The molecule has 8 heteroatoms. The zero-order valence-electron chi connectivity index (χ0n) is 9.61. The second-order valence-corrected chi connectivity index (χ2v) is 5.21. The summed E-state index contributed by atoms with van der Waals surface area (Å²) in [4.78, 5) is -1.18. The number of hydrogen-bond acceptors (Lipinski definition) is 3. The van der Waals surface area contributed by atoms with E-state index < -0.39 is 44.0 Å². The summed E-state index contributed by atoms with van der Waals surface area (Å²) in [7, 11) is -4.75. The van der Waals surface area contributed by atoms with E-state index >= 15 is 0 Å². The summed E-state index contributed by atoms with van der Waals surface area (Å²) < 4.78 is 79.8. The van der Waals surface area contributed by atoms with Crippen LogP contribution in [0.1, 0.15) is 0 Å². The first-order chi connectivity index (χ1) is 9.29. The molecule has 2 aromatic rings. The van der Waals surface area contributed by atoms with Crippen molar-refractivity contribution in [3.63, 3.8) is 0 Å². The minimum Gasteiger partial charge on any atom is -0.379 e. The number of hydrogen-bond donors (Lipinski definition) is 0. The molecule has 0 spiro atoms. The molecular formula is C12H6F4O3S. The van der Waals surface area contributed by atoms with Crippen molar-refractivity contribution in [1.29, 1.82) is 0 Å². The normalized spacial score (nSPS) is 11.4. The molecule has 0 unspecified atom stereocenters. The summed E-state index contributed by atoms with van der Waals surface area (Å²) in [5.74, 6) is -5.79. The SMILES string of the molecule is O=S(=O)(Oc1cccc(F)c1)c1cc(F)c(F)cc1F. The Morgan fingerprint density at radius 1 is 0.850 bits per heavy atom. The topological polar surface area (TPSA) is 43.4 Å². The molecular weight excluding hydrogens is 300 g/mol. The molecule has 0 aromatic heterocycles. The Morgan fingerprint density at radius 2 is 1.50 bits per heavy atom. The van der Waals surface area contributed by atoms with Gasteiger partial charge >= 0.3 is 10.1 Å². The third-order valence-corrected chi connectivity index (χ3v) is 3.51. The fourth-order valence-electron chi connectivity index (χ4n) is 1.39. The lowest BCUT2D eigenvalue weighted by molar-refractivity contribution is 0.458. The first-order valence-corrected chi connectivity index (χ1v) is 6.55. The molecule has 0 heterocycles. The highest BCUT2D eigenvalue weighted by molar-refractivity contribution is 7.87. The third-order valence-electron chi connectivity index (χ3n) is 2.25. The van der Waals surface area contributed by atoms with E-state index in [-0.39, 0.29) is 12.1 Å². The summed E-state index contributed by atoms with van der Waals surface area (Å²) in [5.41, 5.74) is 0. The van der Waals surface area contributed by atoms with Gasteiger partial charge in [0.25, 0.3) is 0 Å². The van der Waals surface area contributed by atoms with E-state index in [0.717, 1.165) is 18.2 Å². The van der Waals surface area contributed by atoms with Crippen LogP contribution >= 0.6 is 0 Å². The van der Waals surface area contributed by atoms with Crippen molar-refractivity contribution in [2.45, 2.75) is 4.90 Å². The van der Waals surface area contributed by atoms with E-state index in [2.05, 4.69) is 4.18 Å². The van der Waals surface area contributed by atoms with Crippen molar-refractivity contribution < 1.29 is 30.2 Å². The van der Waals surface area contributed by atoms with Crippen LogP contribution < -0.4 is 4.18 Å². The summed E-state index contributed by atoms with van der Waals surface area (Å²) in [6, 6.07) is 4.30. The van der Waals surface area contributed by atoms with Gasteiger partial charge in [-0.15, -0.1) is 0 Å². The zero-order chi connectivity index (χ0) is 14.9. The average Bonchev–Trinajstić information content (AvgIpc) is 2.33. The Bertz CT molecular complexity index is 759. The van der Waals surface area contributed by atoms with Gasteiger partial charge in [-0.2, -0.15) is 8.42 Å². The highest BCUT2D eigenvalue weighted by atomic mass is 32.2. The number of halogens is 4. The van der Waals surface area contributed by atoms with E-state index in [4.69, 9.17) is 0 Å². The Kier molecular flexibility index (Phi) is 3.67. The molecule has 0 aliphatic rings. The van der Waals surface area contributed by atoms with Gasteiger partial charge < -0.3 is 4.18 Å². The predicted molar refractivity (Wildman–Crippen MR) is 60.5 cm³/mol. The number of rotatable bonds is 3. The molecule has 0 aliphatic carbocycles. The monoisotopic (exact) mass is 306 g/mol. The maximum atomic E-state index is 13.4. The average molecular weight is 306 g/mol. The molecule has 0 bridgehead atoms. The van der Waals surface area contributed by atoms with Gasteiger partial charge in [0.1, 0.15) is 22.3 Å². The molecule has 3 nitrogen and oxygen atoms in total. The van der Waals surface area contributed by atoms with Crippen LogP contribution in [0.4, 0.5) is 17.6 Å². The molecule has 2 aromatic carbocycles. The summed E-state index contributed by atoms with van der Waals surface area (Å²) >= 11 is 0. The van der Waals surface area contributed by atoms with Gasteiger partial charge in [0.15, 0.2) is 11.6 Å². The third kappa shape index (κ3) is 2.90. The van der Waals surface area contributed by atoms with Crippen molar-refractivity contribution in [3.8, 4) is 5.75 Å². The molecule has 0 fully saturated rings. The molecule has 106 valence electrons.